The summed E-state index contributed by atoms with van der Waals surface area (Å²) in [5, 5.41) is 0.0616. The molecule has 0 bridgehead atoms. The number of hydrogen-bond donors (Lipinski definition) is 1. The molecule has 0 unspecified atom stereocenters. The highest BCUT2D eigenvalue weighted by Crippen LogP contribution is 2.39. The first-order chi connectivity index (χ1) is 15.3. The highest BCUT2D eigenvalue weighted by atomic mass is 32.2. The Bertz CT molecular complexity index is 1300. The minimum absolute atomic E-state index is 0.0219. The molecule has 0 saturated heterocycles. The number of rotatable bonds is 6. The zero-order chi connectivity index (χ0) is 24.2. The largest absolute Gasteiger partial charge is 0.433 e. The first-order valence-electron chi connectivity index (χ1n) is 10.6. The van der Waals surface area contributed by atoms with E-state index < -0.39 is 33.0 Å². The van der Waals surface area contributed by atoms with E-state index in [0.29, 0.717) is 35.9 Å². The van der Waals surface area contributed by atoms with Crippen molar-refractivity contribution in [1.82, 2.24) is 14.3 Å². The van der Waals surface area contributed by atoms with E-state index in [1.54, 1.807) is 6.20 Å². The quantitative estimate of drug-likeness (QED) is 0.472. The van der Waals surface area contributed by atoms with Crippen LogP contribution in [0.25, 0.3) is 22.0 Å². The Morgan fingerprint density at radius 2 is 1.85 bits per heavy atom. The van der Waals surface area contributed by atoms with E-state index in [0.717, 1.165) is 6.20 Å². The maximum atomic E-state index is 15.2. The molecule has 3 aromatic rings. The van der Waals surface area contributed by atoms with Crippen molar-refractivity contribution in [1.29, 1.82) is 0 Å². The normalized spacial score (nSPS) is 15.4. The van der Waals surface area contributed by atoms with Crippen molar-refractivity contribution in [3.63, 3.8) is 0 Å². The molecular formula is C23H25F4N3O2S. The number of alkyl halides is 3. The van der Waals surface area contributed by atoms with Crippen molar-refractivity contribution in [2.24, 2.45) is 5.41 Å². The van der Waals surface area contributed by atoms with Gasteiger partial charge in [0.05, 0.1) is 5.25 Å². The topological polar surface area (TPSA) is 64.0 Å². The third-order valence-electron chi connectivity index (χ3n) is 5.49. The smallest absolute Gasteiger partial charge is 0.347 e. The Kier molecular flexibility index (Phi) is 5.81. The first kappa shape index (κ1) is 23.7. The number of pyridine rings is 1. The standard InChI is InChI=1S/C23H25F4N3O2S/c1-22(2,3)13-30-12-14(11-29-33(31,32)15-6-7-15)17-9-19(24)18(10-20(17)30)16-5-4-8-28-21(16)23(25,26)27/h4-5,8-10,12,15,29H,6-7,11,13H2,1-3H3. The summed E-state index contributed by atoms with van der Waals surface area (Å²) in [7, 11) is -3.45. The van der Waals surface area contributed by atoms with Crippen molar-refractivity contribution in [3.05, 3.63) is 53.7 Å². The second-order valence-electron chi connectivity index (χ2n) is 9.65. The van der Waals surface area contributed by atoms with E-state index in [4.69, 9.17) is 0 Å². The maximum Gasteiger partial charge on any atom is 0.433 e. The fourth-order valence-electron chi connectivity index (χ4n) is 3.90. The van der Waals surface area contributed by atoms with Gasteiger partial charge in [0.25, 0.3) is 0 Å². The van der Waals surface area contributed by atoms with Crippen LogP contribution in [0.2, 0.25) is 0 Å². The number of fused-ring (bicyclic) bond motifs is 1. The number of nitrogens with zero attached hydrogens (tertiary/aromatic N) is 2. The predicted molar refractivity (Wildman–Crippen MR) is 118 cm³/mol. The number of nitrogens with one attached hydrogen (secondary N) is 1. The van der Waals surface area contributed by atoms with Gasteiger partial charge in [-0.1, -0.05) is 26.8 Å². The molecule has 0 radical (unpaired) electrons. The molecular weight excluding hydrogens is 458 g/mol. The van der Waals surface area contributed by atoms with E-state index in [9.17, 15) is 21.6 Å². The Labute approximate surface area is 189 Å². The average Bonchev–Trinajstić information content (AvgIpc) is 3.50. The van der Waals surface area contributed by atoms with Crippen LogP contribution in [-0.2, 0) is 29.3 Å². The van der Waals surface area contributed by atoms with Crippen LogP contribution in [0, 0.1) is 11.2 Å². The Hall–Kier alpha value is -2.46. The summed E-state index contributed by atoms with van der Waals surface area (Å²) in [5.41, 5.74) is -0.804. The first-order valence-corrected chi connectivity index (χ1v) is 12.1. The van der Waals surface area contributed by atoms with Crippen molar-refractivity contribution in [2.75, 3.05) is 0 Å². The van der Waals surface area contributed by atoms with Crippen molar-refractivity contribution in [2.45, 2.75) is 58.1 Å². The lowest BCUT2D eigenvalue weighted by atomic mass is 9.96. The molecule has 1 N–H and O–H groups in total. The van der Waals surface area contributed by atoms with Crippen molar-refractivity contribution < 1.29 is 26.0 Å². The SMILES string of the molecule is CC(C)(C)Cn1cc(CNS(=O)(=O)C2CC2)c2cc(F)c(-c3cccnc3C(F)(F)F)cc21. The van der Waals surface area contributed by atoms with Crippen LogP contribution in [0.4, 0.5) is 17.6 Å². The monoisotopic (exact) mass is 483 g/mol. The van der Waals surface area contributed by atoms with Gasteiger partial charge in [-0.2, -0.15) is 13.2 Å². The van der Waals surface area contributed by atoms with E-state index in [2.05, 4.69) is 9.71 Å². The van der Waals surface area contributed by atoms with Crippen LogP contribution in [0.15, 0.2) is 36.7 Å². The Balaban J connectivity index is 1.84. The van der Waals surface area contributed by atoms with E-state index in [-0.39, 0.29) is 23.1 Å². The summed E-state index contributed by atoms with van der Waals surface area (Å²) >= 11 is 0. The van der Waals surface area contributed by atoms with Gasteiger partial charge in [0.15, 0.2) is 5.69 Å². The summed E-state index contributed by atoms with van der Waals surface area (Å²) in [6.45, 7) is 6.49. The minimum Gasteiger partial charge on any atom is -0.347 e. The fraction of sp³-hybridized carbons (Fsp3) is 0.435. The number of hydrogen-bond acceptors (Lipinski definition) is 3. The maximum absolute atomic E-state index is 15.2. The Morgan fingerprint density at radius 3 is 2.45 bits per heavy atom. The third-order valence-corrected chi connectivity index (χ3v) is 7.39. The second-order valence-corrected chi connectivity index (χ2v) is 11.7. The molecule has 1 saturated carbocycles. The molecule has 10 heteroatoms. The molecule has 2 aromatic heterocycles. The van der Waals surface area contributed by atoms with Gasteiger partial charge in [-0.3, -0.25) is 4.98 Å². The van der Waals surface area contributed by atoms with Gasteiger partial charge < -0.3 is 4.57 Å². The van der Waals surface area contributed by atoms with Gasteiger partial charge >= 0.3 is 6.18 Å². The Morgan fingerprint density at radius 1 is 1.15 bits per heavy atom. The molecule has 1 aliphatic rings. The lowest BCUT2D eigenvalue weighted by molar-refractivity contribution is -0.140. The third kappa shape index (κ3) is 5.06. The average molecular weight is 484 g/mol. The van der Waals surface area contributed by atoms with Crippen LogP contribution in [0.3, 0.4) is 0 Å². The molecule has 2 heterocycles. The molecule has 0 atom stereocenters. The molecule has 0 spiro atoms. The molecule has 1 aliphatic carbocycles. The molecule has 1 fully saturated rings. The van der Waals surface area contributed by atoms with Crippen LogP contribution in [0.1, 0.15) is 44.9 Å². The predicted octanol–water partition coefficient (Wildman–Crippen LogP) is 5.49. The summed E-state index contributed by atoms with van der Waals surface area (Å²) in [4.78, 5) is 3.44. The fourth-order valence-corrected chi connectivity index (χ4v) is 5.25. The number of aromatic nitrogens is 2. The molecule has 178 valence electrons. The van der Waals surface area contributed by atoms with Gasteiger partial charge in [0, 0.05) is 47.5 Å². The summed E-state index contributed by atoms with van der Waals surface area (Å²) in [6, 6.07) is 5.10. The second kappa shape index (κ2) is 8.09. The lowest BCUT2D eigenvalue weighted by Crippen LogP contribution is -2.26. The zero-order valence-corrected chi connectivity index (χ0v) is 19.3. The van der Waals surface area contributed by atoms with Crippen molar-refractivity contribution >= 4 is 20.9 Å². The van der Waals surface area contributed by atoms with E-state index >= 15 is 4.39 Å². The molecule has 1 aromatic carbocycles. The summed E-state index contributed by atoms with van der Waals surface area (Å²) in [5.74, 6) is -0.833. The minimum atomic E-state index is -4.74. The lowest BCUT2D eigenvalue weighted by Gasteiger charge is -2.20. The molecule has 4 rings (SSSR count). The molecule has 0 aliphatic heterocycles. The van der Waals surface area contributed by atoms with Crippen LogP contribution >= 0.6 is 0 Å². The van der Waals surface area contributed by atoms with Crippen LogP contribution < -0.4 is 4.72 Å². The van der Waals surface area contributed by atoms with Gasteiger partial charge in [0.1, 0.15) is 5.82 Å². The number of halogens is 4. The van der Waals surface area contributed by atoms with Crippen molar-refractivity contribution in [3.8, 4) is 11.1 Å². The van der Waals surface area contributed by atoms with Gasteiger partial charge in [0.2, 0.25) is 10.0 Å². The van der Waals surface area contributed by atoms with E-state index in [1.807, 2.05) is 25.3 Å². The van der Waals surface area contributed by atoms with Crippen LogP contribution in [-0.4, -0.2) is 23.2 Å². The molecule has 5 nitrogen and oxygen atoms in total. The summed E-state index contributed by atoms with van der Waals surface area (Å²) in [6.07, 6.45) is -0.743. The number of sulfonamides is 1. The molecule has 0 amide bonds. The van der Waals surface area contributed by atoms with Gasteiger partial charge in [-0.15, -0.1) is 0 Å². The van der Waals surface area contributed by atoms with Gasteiger partial charge in [-0.25, -0.2) is 17.5 Å². The van der Waals surface area contributed by atoms with Gasteiger partial charge in [-0.05, 0) is 42.0 Å². The molecule has 33 heavy (non-hydrogen) atoms. The highest BCUT2D eigenvalue weighted by Gasteiger charge is 2.37. The zero-order valence-electron chi connectivity index (χ0n) is 18.5. The highest BCUT2D eigenvalue weighted by molar-refractivity contribution is 7.90. The van der Waals surface area contributed by atoms with Crippen LogP contribution in [0.5, 0.6) is 0 Å². The summed E-state index contributed by atoms with van der Waals surface area (Å²) < 4.78 is 84.7. The van der Waals surface area contributed by atoms with E-state index in [1.165, 1.54) is 24.3 Å². The number of benzene rings is 1.